The van der Waals surface area contributed by atoms with Crippen molar-refractivity contribution >= 4 is 10.2 Å². The molecule has 0 aliphatic heterocycles. The summed E-state index contributed by atoms with van der Waals surface area (Å²) in [5, 5.41) is 0. The van der Waals surface area contributed by atoms with Gasteiger partial charge in [0.05, 0.1) is 6.17 Å². The quantitative estimate of drug-likeness (QED) is 0.445. The monoisotopic (exact) mass is 272 g/mol. The number of nitrogens with zero attached hydrogens (tertiary/aromatic N) is 2. The van der Waals surface area contributed by atoms with E-state index in [1.807, 2.05) is 0 Å². The standard InChI is InChI=1S/C15H36N2Si/c1-7-16(8-2)14(17(9-3)10-4)15(5,6)12-11-13-18/h14H,7-13H2,1-6,18H3. The molecule has 0 N–H and O–H groups in total. The van der Waals surface area contributed by atoms with E-state index in [4.69, 9.17) is 0 Å². The highest BCUT2D eigenvalue weighted by Crippen LogP contribution is 2.33. The second-order valence-electron chi connectivity index (χ2n) is 5.91. The first-order chi connectivity index (χ1) is 8.48. The van der Waals surface area contributed by atoms with E-state index < -0.39 is 0 Å². The first kappa shape index (κ1) is 18.1. The third-order valence-electron chi connectivity index (χ3n) is 4.19. The van der Waals surface area contributed by atoms with Gasteiger partial charge in [-0.3, -0.25) is 9.80 Å². The van der Waals surface area contributed by atoms with Gasteiger partial charge < -0.3 is 0 Å². The van der Waals surface area contributed by atoms with E-state index in [1.54, 1.807) is 0 Å². The summed E-state index contributed by atoms with van der Waals surface area (Å²) in [4.78, 5) is 5.28. The zero-order valence-corrected chi connectivity index (χ0v) is 15.9. The normalized spacial score (nSPS) is 13.2. The molecule has 0 aromatic heterocycles. The highest BCUT2D eigenvalue weighted by molar-refractivity contribution is 6.08. The van der Waals surface area contributed by atoms with E-state index in [0.29, 0.717) is 11.6 Å². The Morgan fingerprint density at radius 1 is 0.889 bits per heavy atom. The van der Waals surface area contributed by atoms with Crippen LogP contribution in [0.4, 0.5) is 0 Å². The number of hydrogen-bond donors (Lipinski definition) is 0. The molecule has 3 heteroatoms. The lowest BCUT2D eigenvalue weighted by Crippen LogP contribution is -2.56. The Balaban J connectivity index is 5.04. The molecule has 0 saturated heterocycles. The van der Waals surface area contributed by atoms with Crippen molar-refractivity contribution in [2.24, 2.45) is 5.41 Å². The summed E-state index contributed by atoms with van der Waals surface area (Å²) in [6.07, 6.45) is 3.35. The average Bonchev–Trinajstić information content (AvgIpc) is 2.37. The largest absolute Gasteiger partial charge is 0.288 e. The Hall–Kier alpha value is 0.137. The van der Waals surface area contributed by atoms with Gasteiger partial charge in [0.15, 0.2) is 0 Å². The zero-order valence-electron chi connectivity index (χ0n) is 13.9. The highest BCUT2D eigenvalue weighted by atomic mass is 28.1. The van der Waals surface area contributed by atoms with Crippen molar-refractivity contribution in [2.45, 2.75) is 66.6 Å². The molecule has 0 amide bonds. The summed E-state index contributed by atoms with van der Waals surface area (Å²) in [5.41, 5.74) is 0.391. The van der Waals surface area contributed by atoms with Gasteiger partial charge in [0.1, 0.15) is 0 Å². The van der Waals surface area contributed by atoms with Gasteiger partial charge in [0, 0.05) is 10.2 Å². The lowest BCUT2D eigenvalue weighted by atomic mass is 9.82. The van der Waals surface area contributed by atoms with Gasteiger partial charge in [-0.15, -0.1) is 0 Å². The predicted molar refractivity (Wildman–Crippen MR) is 87.4 cm³/mol. The van der Waals surface area contributed by atoms with Crippen LogP contribution in [0.25, 0.3) is 0 Å². The molecule has 2 nitrogen and oxygen atoms in total. The molecule has 110 valence electrons. The van der Waals surface area contributed by atoms with Crippen molar-refractivity contribution in [1.82, 2.24) is 9.80 Å². The van der Waals surface area contributed by atoms with E-state index in [1.165, 1.54) is 29.1 Å². The third kappa shape index (κ3) is 5.02. The summed E-state index contributed by atoms with van der Waals surface area (Å²) < 4.78 is 0. The van der Waals surface area contributed by atoms with Gasteiger partial charge in [-0.2, -0.15) is 0 Å². The van der Waals surface area contributed by atoms with Crippen LogP contribution in [0.1, 0.15) is 54.4 Å². The molecule has 0 spiro atoms. The fraction of sp³-hybridized carbons (Fsp3) is 1.00. The second-order valence-corrected chi connectivity index (χ2v) is 6.91. The minimum atomic E-state index is 0.391. The van der Waals surface area contributed by atoms with Crippen molar-refractivity contribution in [1.29, 1.82) is 0 Å². The van der Waals surface area contributed by atoms with Crippen LogP contribution in [0.5, 0.6) is 0 Å². The molecular formula is C15H36N2Si. The van der Waals surface area contributed by atoms with Crippen LogP contribution in [0.15, 0.2) is 0 Å². The molecule has 18 heavy (non-hydrogen) atoms. The van der Waals surface area contributed by atoms with Crippen molar-refractivity contribution in [3.05, 3.63) is 0 Å². The van der Waals surface area contributed by atoms with Crippen molar-refractivity contribution in [3.8, 4) is 0 Å². The summed E-state index contributed by atoms with van der Waals surface area (Å²) in [6.45, 7) is 18.7. The molecule has 0 aliphatic rings. The van der Waals surface area contributed by atoms with E-state index in [0.717, 1.165) is 26.2 Å². The Labute approximate surface area is 119 Å². The predicted octanol–water partition coefficient (Wildman–Crippen LogP) is 2.59. The van der Waals surface area contributed by atoms with Crippen molar-refractivity contribution < 1.29 is 0 Å². The van der Waals surface area contributed by atoms with Crippen LogP contribution in [-0.4, -0.2) is 52.4 Å². The summed E-state index contributed by atoms with van der Waals surface area (Å²) in [6, 6.07) is 1.44. The van der Waals surface area contributed by atoms with Crippen LogP contribution < -0.4 is 0 Å². The average molecular weight is 273 g/mol. The molecule has 0 unspecified atom stereocenters. The van der Waals surface area contributed by atoms with Crippen LogP contribution in [0.2, 0.25) is 6.04 Å². The summed E-state index contributed by atoms with van der Waals surface area (Å²) in [7, 11) is 1.35. The Morgan fingerprint density at radius 2 is 1.28 bits per heavy atom. The zero-order chi connectivity index (χ0) is 14.2. The maximum atomic E-state index is 2.64. The van der Waals surface area contributed by atoms with Gasteiger partial charge in [0.25, 0.3) is 0 Å². The molecule has 0 aromatic carbocycles. The van der Waals surface area contributed by atoms with Gasteiger partial charge in [0.2, 0.25) is 0 Å². The van der Waals surface area contributed by atoms with E-state index >= 15 is 0 Å². The molecular weight excluding hydrogens is 236 g/mol. The summed E-state index contributed by atoms with van der Waals surface area (Å²) >= 11 is 0. The lowest BCUT2D eigenvalue weighted by molar-refractivity contribution is -0.0326. The Morgan fingerprint density at radius 3 is 1.56 bits per heavy atom. The van der Waals surface area contributed by atoms with Crippen LogP contribution in [0, 0.1) is 5.41 Å². The Kier molecular flexibility index (Phi) is 9.18. The first-order valence-corrected chi connectivity index (χ1v) is 9.37. The first-order valence-electron chi connectivity index (χ1n) is 7.96. The third-order valence-corrected chi connectivity index (χ3v) is 4.90. The smallest absolute Gasteiger partial charge is 0.0674 e. The van der Waals surface area contributed by atoms with Gasteiger partial charge in [-0.25, -0.2) is 0 Å². The van der Waals surface area contributed by atoms with Crippen molar-refractivity contribution in [3.63, 3.8) is 0 Å². The van der Waals surface area contributed by atoms with Gasteiger partial charge in [-0.05, 0) is 38.0 Å². The molecule has 0 radical (unpaired) electrons. The van der Waals surface area contributed by atoms with Crippen molar-refractivity contribution in [2.75, 3.05) is 26.2 Å². The van der Waals surface area contributed by atoms with E-state index in [9.17, 15) is 0 Å². The molecule has 0 fully saturated rings. The number of rotatable bonds is 10. The number of hydrogen-bond acceptors (Lipinski definition) is 2. The second kappa shape index (κ2) is 9.11. The minimum Gasteiger partial charge on any atom is -0.288 e. The highest BCUT2D eigenvalue weighted by Gasteiger charge is 2.35. The van der Waals surface area contributed by atoms with Crippen LogP contribution in [-0.2, 0) is 0 Å². The Bertz CT molecular complexity index is 187. The maximum absolute atomic E-state index is 2.64. The molecule has 0 aromatic rings. The van der Waals surface area contributed by atoms with Crippen LogP contribution >= 0.6 is 0 Å². The molecule has 0 bridgehead atoms. The topological polar surface area (TPSA) is 6.48 Å². The van der Waals surface area contributed by atoms with Gasteiger partial charge in [-0.1, -0.05) is 54.0 Å². The fourth-order valence-electron chi connectivity index (χ4n) is 3.12. The molecule has 0 heterocycles. The molecule has 0 rings (SSSR count). The molecule has 0 aliphatic carbocycles. The lowest BCUT2D eigenvalue weighted by Gasteiger charge is -2.47. The molecule has 0 atom stereocenters. The van der Waals surface area contributed by atoms with Crippen LogP contribution in [0.3, 0.4) is 0 Å². The van der Waals surface area contributed by atoms with E-state index in [-0.39, 0.29) is 0 Å². The minimum absolute atomic E-state index is 0.391. The maximum Gasteiger partial charge on any atom is 0.0674 e. The van der Waals surface area contributed by atoms with E-state index in [2.05, 4.69) is 51.3 Å². The summed E-state index contributed by atoms with van der Waals surface area (Å²) in [5.74, 6) is 0. The molecule has 0 saturated carbocycles. The SMILES string of the molecule is CCN(CC)C(N(CC)CC)C(C)(C)CCC[SiH3]. The van der Waals surface area contributed by atoms with Gasteiger partial charge >= 0.3 is 0 Å². The fourth-order valence-corrected chi connectivity index (χ4v) is 3.47.